The lowest BCUT2D eigenvalue weighted by atomic mass is 9.95. The van der Waals surface area contributed by atoms with Gasteiger partial charge in [-0.2, -0.15) is 16.8 Å². The van der Waals surface area contributed by atoms with E-state index < -0.39 is 162 Å². The predicted octanol–water partition coefficient (Wildman–Crippen LogP) is 10.7. The Morgan fingerprint density at radius 3 is 1.31 bits per heavy atom. The van der Waals surface area contributed by atoms with Gasteiger partial charge in [0, 0.05) is 102 Å². The number of carbonyl (C=O) groups excluding carboxylic acids is 14. The topological polar surface area (TPSA) is 610 Å². The van der Waals surface area contributed by atoms with Gasteiger partial charge >= 0.3 is 66.5 Å². The number of rotatable bonds is 24. The van der Waals surface area contributed by atoms with E-state index in [2.05, 4.69) is 89.1 Å². The highest BCUT2D eigenvalue weighted by atomic mass is 32.2. The molecule has 0 saturated carbocycles. The number of likely N-dealkylation sites (tertiary alicyclic amines) is 4. The summed E-state index contributed by atoms with van der Waals surface area (Å²) in [7, 11) is -0.0885. The summed E-state index contributed by atoms with van der Waals surface area (Å²) in [4.78, 5) is 180. The summed E-state index contributed by atoms with van der Waals surface area (Å²) in [6.45, 7) is 51.4. The number of piperidine rings is 2. The number of hydrogen-bond acceptors (Lipinski definition) is 37. The summed E-state index contributed by atoms with van der Waals surface area (Å²) in [5.74, 6) is -3.74. The smallest absolute Gasteiger partial charge is 0.418 e. The van der Waals surface area contributed by atoms with E-state index in [1.165, 1.54) is 32.5 Å². The van der Waals surface area contributed by atoms with Crippen LogP contribution in [0.25, 0.3) is 0 Å². The first-order valence-electron chi connectivity index (χ1n) is 49.6. The van der Waals surface area contributed by atoms with Gasteiger partial charge in [0.1, 0.15) is 63.4 Å². The van der Waals surface area contributed by atoms with Crippen molar-refractivity contribution in [1.82, 2.24) is 56.4 Å². The number of carboxylic acid groups (broad SMARTS) is 1. The van der Waals surface area contributed by atoms with Gasteiger partial charge < -0.3 is 105 Å². The quantitative estimate of drug-likeness (QED) is 0.0202. The summed E-state index contributed by atoms with van der Waals surface area (Å²) in [5, 5.41) is 42.8. The van der Waals surface area contributed by atoms with E-state index in [0.717, 1.165) is 72.8 Å². The molecule has 150 heavy (non-hydrogen) atoms. The zero-order chi connectivity index (χ0) is 116. The first-order valence-corrected chi connectivity index (χ1v) is 53.2. The molecule has 0 aromatic heterocycles. The molecule has 858 valence electrons. The SMILES string of the molecule is COC(=O)[C@@H]1C/C(=C\N(C)C)C(=O)N1C(=O)OC(C)(C)C.COC(=O)[C@@H]1CCC(=O)N1C(=O)OC(C)(C)C.COC(=O)[C@@H]1C[C@H](C)C(=O)N1C(=O)OC(C)(C)C.C[C@@H]1CNC[C@@H](NC(=O)OC(C)(C)C)C1.C[C@H](CO)C[C@@H](CO)NC(=O)OC(C)(C)C.C[C@H](COS(C)(=O)=O)C[C@@H](COS(C)(=O)=O)NC(=O)OC(C)(C)C.C[C@H]1C[C@H](NC(=O)OC(C)(C)C)CN(Cc2ccccc2)C1.NCc1ccccc1.O=C1CC[C@@H](C(=O)O)N1. The van der Waals surface area contributed by atoms with Crippen molar-refractivity contribution < 1.29 is 160 Å². The molecule has 0 radical (unpaired) electrons. The Kier molecular flexibility index (Phi) is 59.8. The van der Waals surface area contributed by atoms with Crippen LogP contribution in [0.1, 0.15) is 255 Å². The highest BCUT2D eigenvalue weighted by Crippen LogP contribution is 2.31. The van der Waals surface area contributed by atoms with Crippen LogP contribution in [-0.2, 0) is 127 Å². The van der Waals surface area contributed by atoms with Crippen LogP contribution in [0.2, 0.25) is 0 Å². The van der Waals surface area contributed by atoms with E-state index in [-0.39, 0.29) is 113 Å². The molecule has 2 aromatic rings. The molecule has 0 unspecified atom stereocenters. The fourth-order valence-corrected chi connectivity index (χ4v) is 15.2. The second kappa shape index (κ2) is 64.6. The Morgan fingerprint density at radius 1 is 0.493 bits per heavy atom. The van der Waals surface area contributed by atoms with Crippen LogP contribution in [0.4, 0.5) is 33.6 Å². The normalized spacial score (nSPS) is 20.4. The number of nitrogens with one attached hydrogen (secondary N) is 6. The molecule has 2 aromatic carbocycles. The van der Waals surface area contributed by atoms with Crippen molar-refractivity contribution in [2.75, 3.05) is 101 Å². The van der Waals surface area contributed by atoms with Crippen molar-refractivity contribution in [3.8, 4) is 0 Å². The minimum absolute atomic E-state index is 0.0342. The van der Waals surface area contributed by atoms with Gasteiger partial charge in [-0.1, -0.05) is 95.3 Å². The van der Waals surface area contributed by atoms with E-state index in [1.54, 1.807) is 143 Å². The van der Waals surface area contributed by atoms with Gasteiger partial charge in [-0.25, -0.2) is 67.4 Å². The van der Waals surface area contributed by atoms with Gasteiger partial charge in [0.25, 0.3) is 26.1 Å². The van der Waals surface area contributed by atoms with Crippen molar-refractivity contribution in [3.63, 3.8) is 0 Å². The first kappa shape index (κ1) is 139. The highest BCUT2D eigenvalue weighted by Gasteiger charge is 2.49. The number of amides is 11. The second-order valence-electron chi connectivity index (χ2n) is 44.3. The Hall–Kier alpha value is -11.2. The number of benzene rings is 2. The number of methoxy groups -OCH3 is 3. The fraction of sp³-hybridized carbons (Fsp3) is 0.716. The Morgan fingerprint density at radius 2 is 0.907 bits per heavy atom. The number of aliphatic carboxylic acids is 1. The van der Waals surface area contributed by atoms with Gasteiger partial charge in [-0.05, 0) is 232 Å². The Labute approximate surface area is 886 Å². The van der Waals surface area contributed by atoms with Gasteiger partial charge in [0.05, 0.1) is 65.7 Å². The van der Waals surface area contributed by atoms with E-state index >= 15 is 0 Å². The molecule has 6 aliphatic rings. The van der Waals surface area contributed by atoms with Crippen molar-refractivity contribution in [3.05, 3.63) is 83.6 Å². The van der Waals surface area contributed by atoms with Gasteiger partial charge in [0.15, 0.2) is 0 Å². The Bertz CT molecular complexity index is 4870. The molecule has 0 spiro atoms. The number of hydrogen-bond donors (Lipinski definition) is 10. The zero-order valence-electron chi connectivity index (χ0n) is 94.1. The van der Waals surface area contributed by atoms with Gasteiger partial charge in [-0.15, -0.1) is 0 Å². The molecular formula is C102H174N12O34S2. The molecule has 6 heterocycles. The summed E-state index contributed by atoms with van der Waals surface area (Å²) < 4.78 is 104. The number of ether oxygens (including phenoxy) is 10. The molecule has 48 heteroatoms. The lowest BCUT2D eigenvalue weighted by Crippen LogP contribution is -2.50. The zero-order valence-corrected chi connectivity index (χ0v) is 95.8. The van der Waals surface area contributed by atoms with Crippen molar-refractivity contribution in [1.29, 1.82) is 0 Å². The molecule has 13 atom stereocenters. The molecule has 6 saturated heterocycles. The monoisotopic (exact) mass is 2180 g/mol. The minimum Gasteiger partial charge on any atom is -0.480 e. The third-order valence-corrected chi connectivity index (χ3v) is 21.5. The number of alkyl carbamates (subject to hydrolysis) is 4. The largest absolute Gasteiger partial charge is 0.480 e. The average Bonchev–Trinajstić information content (AvgIpc) is 1.64. The molecule has 6 aliphatic heterocycles. The summed E-state index contributed by atoms with van der Waals surface area (Å²) in [5.41, 5.74) is 3.90. The van der Waals surface area contributed by atoms with Crippen LogP contribution in [0.15, 0.2) is 72.4 Å². The van der Waals surface area contributed by atoms with Crippen molar-refractivity contribution in [2.45, 2.75) is 345 Å². The third kappa shape index (κ3) is 63.2. The van der Waals surface area contributed by atoms with Gasteiger partial charge in [-0.3, -0.25) is 32.4 Å². The third-order valence-electron chi connectivity index (χ3n) is 20.3. The van der Waals surface area contributed by atoms with Crippen LogP contribution in [0.3, 0.4) is 0 Å². The van der Waals surface area contributed by atoms with Crippen molar-refractivity contribution in [2.24, 2.45) is 35.3 Å². The summed E-state index contributed by atoms with van der Waals surface area (Å²) >= 11 is 0. The minimum atomic E-state index is -3.68. The summed E-state index contributed by atoms with van der Waals surface area (Å²) in [6, 6.07) is 16.4. The average molecular weight is 2180 g/mol. The van der Waals surface area contributed by atoms with E-state index in [9.17, 15) is 88.8 Å². The summed E-state index contributed by atoms with van der Waals surface area (Å²) in [6.07, 6.45) is 3.45. The second-order valence-corrected chi connectivity index (χ2v) is 47.6. The highest BCUT2D eigenvalue weighted by molar-refractivity contribution is 7.86. The number of aliphatic hydroxyl groups is 2. The van der Waals surface area contributed by atoms with Crippen LogP contribution >= 0.6 is 0 Å². The van der Waals surface area contributed by atoms with Crippen LogP contribution < -0.4 is 37.6 Å². The van der Waals surface area contributed by atoms with Crippen LogP contribution in [0.5, 0.6) is 0 Å². The van der Waals surface area contributed by atoms with Crippen molar-refractivity contribution >= 4 is 110 Å². The molecule has 46 nitrogen and oxygen atoms in total. The number of esters is 3. The maximum absolute atomic E-state index is 12.3. The number of carbonyl (C=O) groups is 15. The number of carboxylic acids is 1. The van der Waals surface area contributed by atoms with Gasteiger partial charge in [0.2, 0.25) is 17.7 Å². The Balaban J connectivity index is 0.00000169. The lowest BCUT2D eigenvalue weighted by Gasteiger charge is -2.37. The van der Waals surface area contributed by atoms with Crippen LogP contribution in [0, 0.1) is 29.6 Å². The number of nitrogens with two attached hydrogens (primary N) is 1. The molecule has 11 N–H and O–H groups in total. The molecule has 11 amide bonds. The number of nitrogens with zero attached hydrogens (tertiary/aromatic N) is 5. The molecule has 0 bridgehead atoms. The van der Waals surface area contributed by atoms with Crippen LogP contribution in [-0.4, -0.2) is 335 Å². The van der Waals surface area contributed by atoms with E-state index in [4.69, 9.17) is 62.6 Å². The maximum Gasteiger partial charge on any atom is 0.418 e. The predicted molar refractivity (Wildman–Crippen MR) is 557 cm³/mol. The molecular weight excluding hydrogens is 2000 g/mol. The molecule has 6 fully saturated rings. The number of imide groups is 3. The number of aliphatic hydroxyl groups excluding tert-OH is 2. The maximum atomic E-state index is 12.3. The molecule has 8 rings (SSSR count). The van der Waals surface area contributed by atoms with E-state index in [0.29, 0.717) is 43.2 Å². The first-order chi connectivity index (χ1) is 68.7. The van der Waals surface area contributed by atoms with E-state index in [1.807, 2.05) is 84.9 Å². The fourth-order valence-electron chi connectivity index (χ4n) is 14.4. The lowest BCUT2D eigenvalue weighted by molar-refractivity contribution is -0.148. The molecule has 0 aliphatic carbocycles. The standard InChI is InChI=1S/C18H28N2O2.C14H22N2O5.C13H27NO8S2.C12H19NO5.C11H22N2O2.C11H17NO5.C11H23NO4.C7H9N.C5H7NO3/c1-14-10-16(19-17(21)22-18(2,3)4)13-20(11-14)12-15-8-6-5-7-9-15;1-14(2,3)21-13(19)16-10(12(18)20-6)7-9(11(16)17)8-15(4)5;1-10(8-20-23(5,16)17)7-11(9-21-24(6,18)19)14-12(15)22-13(2,3)4;1-7-6-8(10(15)17-5)13(9(7)14)11(16)18-12(2,3)4;1-8-5-9(7-12-6-8)13-10(14)15-11(2,3)4;1-11(2,3)17-10(15)12-7(9(14)16-4)5-6-8(12)13;1-8(6-13)5-9(7-14)12-10(15)16-11(2,3)4;8-6-7-4-2-1-3-5-7;7-4-2-1-3(6-4)5(8)9/h5-9,14,16H,10-13H2,1-4H3,(H,19,21);8,10H,7H2,1-6H3;10-11H,7-9H2,1-6H3,(H,14,15);7-8H,6H2,1-5H3;8-9,12H,5-7H2,1-4H3,(H,13,14);7H,5-6H2,1-4H3;8-9,13-14H,5-7H2,1-4H3,(H,12,15);1-5H,6,8H2;3H,1-2H2,(H,6,7)(H,8,9)/b;9-8+;;;;;;;/t14-,16-;10-;10-,11-;7-,8-;8-,9-;7-;8-,9-;;3-/m0000000.0/s1.